The molecular weight excluding hydrogens is 480 g/mol. The van der Waals surface area contributed by atoms with Crippen molar-refractivity contribution in [2.45, 2.75) is 62.5 Å². The van der Waals surface area contributed by atoms with Crippen molar-refractivity contribution in [2.24, 2.45) is 5.92 Å². The Morgan fingerprint density at radius 3 is 2.66 bits per heavy atom. The molecule has 202 valence electrons. The van der Waals surface area contributed by atoms with Gasteiger partial charge in [0.2, 0.25) is 5.91 Å². The molecule has 3 aliphatic rings. The molecule has 0 spiro atoms. The van der Waals surface area contributed by atoms with Crippen molar-refractivity contribution in [1.29, 1.82) is 0 Å². The number of β-amino-alcohol motifs (C(OH)–C–C–N with tert-alkyl or cyclic N) is 1. The van der Waals surface area contributed by atoms with E-state index in [1.807, 2.05) is 42.5 Å². The predicted octanol–water partition coefficient (Wildman–Crippen LogP) is 4.09. The summed E-state index contributed by atoms with van der Waals surface area (Å²) in [5.74, 6) is 1.46. The van der Waals surface area contributed by atoms with Gasteiger partial charge in [0, 0.05) is 37.5 Å². The Kier molecular flexibility index (Phi) is 7.59. The van der Waals surface area contributed by atoms with E-state index in [2.05, 4.69) is 10.2 Å². The second-order valence-corrected chi connectivity index (χ2v) is 11.2. The number of esters is 1. The van der Waals surface area contributed by atoms with Crippen LogP contribution in [0.25, 0.3) is 6.08 Å². The van der Waals surface area contributed by atoms with Crippen molar-refractivity contribution >= 4 is 18.0 Å². The maximum atomic E-state index is 12.9. The maximum Gasteiger partial charge on any atom is 0.308 e. The first-order valence-electron chi connectivity index (χ1n) is 13.6. The Bertz CT molecular complexity index is 1210. The molecule has 2 N–H and O–H groups in total. The summed E-state index contributed by atoms with van der Waals surface area (Å²) in [6, 6.07) is 15.1. The Balaban J connectivity index is 1.36. The molecule has 1 saturated heterocycles. The number of rotatable bonds is 8. The van der Waals surface area contributed by atoms with Gasteiger partial charge < -0.3 is 24.8 Å². The second kappa shape index (κ2) is 10.9. The Hall–Kier alpha value is -3.16. The van der Waals surface area contributed by atoms with Gasteiger partial charge in [0.1, 0.15) is 11.5 Å². The second-order valence-electron chi connectivity index (χ2n) is 11.2. The lowest BCUT2D eigenvalue weighted by molar-refractivity contribution is -0.133. The fourth-order valence-electron chi connectivity index (χ4n) is 6.39. The molecule has 3 fully saturated rings. The first kappa shape index (κ1) is 26.4. The van der Waals surface area contributed by atoms with E-state index in [1.54, 1.807) is 25.3 Å². The highest BCUT2D eigenvalue weighted by Gasteiger charge is 2.57. The summed E-state index contributed by atoms with van der Waals surface area (Å²) < 4.78 is 10.7. The van der Waals surface area contributed by atoms with Crippen LogP contribution in [0.15, 0.2) is 54.6 Å². The minimum Gasteiger partial charge on any atom is -0.497 e. The van der Waals surface area contributed by atoms with Gasteiger partial charge in [0.15, 0.2) is 0 Å². The smallest absolute Gasteiger partial charge is 0.308 e. The van der Waals surface area contributed by atoms with E-state index in [1.165, 1.54) is 19.8 Å². The summed E-state index contributed by atoms with van der Waals surface area (Å²) in [5, 5.41) is 15.4. The molecule has 2 aliphatic carbocycles. The molecule has 0 bridgehead atoms. The first-order valence-corrected chi connectivity index (χ1v) is 13.6. The molecular formula is C31H38N2O5. The first-order chi connectivity index (χ1) is 18.3. The largest absolute Gasteiger partial charge is 0.497 e. The number of benzene rings is 2. The number of nitrogens with one attached hydrogen (secondary N) is 1. The van der Waals surface area contributed by atoms with Gasteiger partial charge in [-0.25, -0.2) is 0 Å². The number of aliphatic hydroxyl groups is 1. The van der Waals surface area contributed by atoms with Crippen LogP contribution in [-0.4, -0.2) is 60.3 Å². The molecule has 3 unspecified atom stereocenters. The standard InChI is InChI=1S/C31H38N2O5/c1-22(34)38-28-8-4-6-25(18-28)30-15-16-33(20-24-9-10-24)21-31(30,36)14-13-26(19-30)32-29(35)12-11-23-5-3-7-27(17-23)37-2/h3-8,11-12,17-18,24,26,36H,9-10,13-16,19-21H2,1-2H3,(H,32,35). The average molecular weight is 519 g/mol. The lowest BCUT2D eigenvalue weighted by Gasteiger charge is -2.58. The van der Waals surface area contributed by atoms with Crippen LogP contribution in [-0.2, 0) is 15.0 Å². The highest BCUT2D eigenvalue weighted by atomic mass is 16.5. The van der Waals surface area contributed by atoms with Crippen LogP contribution >= 0.6 is 0 Å². The van der Waals surface area contributed by atoms with Crippen LogP contribution in [0.5, 0.6) is 11.5 Å². The fourth-order valence-corrected chi connectivity index (χ4v) is 6.39. The molecule has 1 heterocycles. The Morgan fingerprint density at radius 2 is 1.89 bits per heavy atom. The van der Waals surface area contributed by atoms with Gasteiger partial charge in [0.25, 0.3) is 0 Å². The number of nitrogens with zero attached hydrogens (tertiary/aromatic N) is 1. The molecule has 2 saturated carbocycles. The lowest BCUT2D eigenvalue weighted by Crippen LogP contribution is -2.67. The highest BCUT2D eigenvalue weighted by molar-refractivity contribution is 5.92. The minimum atomic E-state index is -0.924. The van der Waals surface area contributed by atoms with Crippen molar-refractivity contribution in [3.8, 4) is 11.5 Å². The summed E-state index contributed by atoms with van der Waals surface area (Å²) in [5.41, 5.74) is 0.387. The number of methoxy groups -OCH3 is 1. The molecule has 5 rings (SSSR count). The quantitative estimate of drug-likeness (QED) is 0.311. The number of piperidine rings is 1. The molecule has 2 aromatic carbocycles. The van der Waals surface area contributed by atoms with Crippen molar-refractivity contribution in [3.05, 3.63) is 65.7 Å². The van der Waals surface area contributed by atoms with E-state index in [0.717, 1.165) is 42.3 Å². The molecule has 38 heavy (non-hydrogen) atoms. The topological polar surface area (TPSA) is 88.1 Å². The summed E-state index contributed by atoms with van der Waals surface area (Å²) in [7, 11) is 1.62. The van der Waals surface area contributed by atoms with Crippen LogP contribution in [0, 0.1) is 5.92 Å². The van der Waals surface area contributed by atoms with Gasteiger partial charge in [0.05, 0.1) is 12.7 Å². The zero-order valence-electron chi connectivity index (χ0n) is 22.3. The van der Waals surface area contributed by atoms with Gasteiger partial charge in [-0.15, -0.1) is 0 Å². The third kappa shape index (κ3) is 5.79. The molecule has 2 aromatic rings. The number of amides is 1. The minimum absolute atomic E-state index is 0.0786. The van der Waals surface area contributed by atoms with Gasteiger partial charge in [-0.3, -0.25) is 9.59 Å². The monoisotopic (exact) mass is 518 g/mol. The number of ether oxygens (including phenoxy) is 2. The fraction of sp³-hybridized carbons (Fsp3) is 0.484. The van der Waals surface area contributed by atoms with Crippen LogP contribution in [0.3, 0.4) is 0 Å². The molecule has 0 aromatic heterocycles. The lowest BCUT2D eigenvalue weighted by atomic mass is 9.55. The number of carbonyl (C=O) groups is 2. The average Bonchev–Trinajstić information content (AvgIpc) is 3.71. The normalized spacial score (nSPS) is 27.5. The number of hydrogen-bond acceptors (Lipinski definition) is 6. The predicted molar refractivity (Wildman–Crippen MR) is 146 cm³/mol. The van der Waals surface area contributed by atoms with Crippen LogP contribution in [0.1, 0.15) is 56.6 Å². The number of hydrogen-bond donors (Lipinski definition) is 2. The van der Waals surface area contributed by atoms with Crippen LogP contribution in [0.4, 0.5) is 0 Å². The number of carbonyl (C=O) groups excluding carboxylic acids is 2. The SMILES string of the molecule is COc1cccc(C=CC(=O)NC2CCC3(O)CN(CC4CC4)CCC3(c3cccc(OC(C)=O)c3)C2)c1. The molecule has 7 nitrogen and oxygen atoms in total. The Labute approximate surface area is 224 Å². The van der Waals surface area contributed by atoms with Crippen molar-refractivity contribution in [1.82, 2.24) is 10.2 Å². The van der Waals surface area contributed by atoms with E-state index in [9.17, 15) is 14.7 Å². The molecule has 3 atom stereocenters. The summed E-state index contributed by atoms with van der Waals surface area (Å²) in [6.45, 7) is 3.95. The van der Waals surface area contributed by atoms with E-state index >= 15 is 0 Å². The summed E-state index contributed by atoms with van der Waals surface area (Å²) in [6.07, 6.45) is 8.61. The molecule has 1 aliphatic heterocycles. The summed E-state index contributed by atoms with van der Waals surface area (Å²) >= 11 is 0. The summed E-state index contributed by atoms with van der Waals surface area (Å²) in [4.78, 5) is 27.0. The highest BCUT2D eigenvalue weighted by Crippen LogP contribution is 2.52. The van der Waals surface area contributed by atoms with Crippen molar-refractivity contribution in [3.63, 3.8) is 0 Å². The third-order valence-corrected chi connectivity index (χ3v) is 8.46. The van der Waals surface area contributed by atoms with Crippen LogP contribution < -0.4 is 14.8 Å². The number of likely N-dealkylation sites (tertiary alicyclic amines) is 1. The van der Waals surface area contributed by atoms with Gasteiger partial charge in [-0.1, -0.05) is 24.3 Å². The Morgan fingerprint density at radius 1 is 1.11 bits per heavy atom. The van der Waals surface area contributed by atoms with Gasteiger partial charge in [-0.2, -0.15) is 0 Å². The number of fused-ring (bicyclic) bond motifs is 1. The maximum absolute atomic E-state index is 12.9. The molecule has 0 radical (unpaired) electrons. The zero-order valence-corrected chi connectivity index (χ0v) is 22.3. The van der Waals surface area contributed by atoms with Gasteiger partial charge >= 0.3 is 5.97 Å². The van der Waals surface area contributed by atoms with E-state index < -0.39 is 11.0 Å². The van der Waals surface area contributed by atoms with Crippen molar-refractivity contribution < 1.29 is 24.2 Å². The third-order valence-electron chi connectivity index (χ3n) is 8.46. The van der Waals surface area contributed by atoms with E-state index in [4.69, 9.17) is 9.47 Å². The van der Waals surface area contributed by atoms with E-state index in [0.29, 0.717) is 31.6 Å². The molecule has 1 amide bonds. The van der Waals surface area contributed by atoms with Gasteiger partial charge in [-0.05, 0) is 92.5 Å². The van der Waals surface area contributed by atoms with Crippen molar-refractivity contribution in [2.75, 3.05) is 26.7 Å². The van der Waals surface area contributed by atoms with E-state index in [-0.39, 0.29) is 17.9 Å². The van der Waals surface area contributed by atoms with Crippen LogP contribution in [0.2, 0.25) is 0 Å². The zero-order chi connectivity index (χ0) is 26.8. The molecule has 7 heteroatoms.